The normalized spacial score (nSPS) is 10.5. The van der Waals surface area contributed by atoms with Crippen molar-refractivity contribution < 1.29 is 19.8 Å². The van der Waals surface area contributed by atoms with Crippen LogP contribution in [0.15, 0.2) is 54.6 Å². The Labute approximate surface area is 121 Å². The van der Waals surface area contributed by atoms with E-state index in [1.165, 1.54) is 18.2 Å². The highest BCUT2D eigenvalue weighted by atomic mass is 16.4. The Hall–Kier alpha value is -3.08. The van der Waals surface area contributed by atoms with Crippen LogP contribution in [0.4, 0.5) is 5.69 Å². The van der Waals surface area contributed by atoms with Crippen LogP contribution in [0.5, 0.6) is 5.75 Å². The number of nitrogens with one attached hydrogen (secondary N) is 1. The molecule has 2 aromatic carbocycles. The molecule has 2 rings (SSSR count). The van der Waals surface area contributed by atoms with E-state index in [9.17, 15) is 14.7 Å². The number of aromatic hydroxyl groups is 1. The predicted molar refractivity (Wildman–Crippen MR) is 79.2 cm³/mol. The average molecular weight is 283 g/mol. The molecule has 0 atom stereocenters. The highest BCUT2D eigenvalue weighted by molar-refractivity contribution is 6.03. The standard InChI is InChI=1S/C16H13NO4/c18-14-10-12(16(20)21)7-8-13(14)17-15(19)9-6-11-4-2-1-3-5-11/h1-10,18H,(H,17,19)(H,20,21)/b9-6+. The molecule has 5 heteroatoms. The number of carbonyl (C=O) groups excluding carboxylic acids is 1. The Morgan fingerprint density at radius 2 is 1.76 bits per heavy atom. The lowest BCUT2D eigenvalue weighted by molar-refractivity contribution is -0.111. The summed E-state index contributed by atoms with van der Waals surface area (Å²) < 4.78 is 0. The third-order valence-electron chi connectivity index (χ3n) is 2.73. The van der Waals surface area contributed by atoms with Gasteiger partial charge in [0, 0.05) is 6.08 Å². The van der Waals surface area contributed by atoms with Crippen molar-refractivity contribution in [3.05, 3.63) is 65.7 Å². The number of hydrogen-bond donors (Lipinski definition) is 3. The van der Waals surface area contributed by atoms with Crippen LogP contribution >= 0.6 is 0 Å². The summed E-state index contributed by atoms with van der Waals surface area (Å²) in [7, 11) is 0. The second kappa shape index (κ2) is 6.38. The van der Waals surface area contributed by atoms with Gasteiger partial charge in [0.15, 0.2) is 0 Å². The first-order chi connectivity index (χ1) is 10.1. The zero-order valence-electron chi connectivity index (χ0n) is 11.0. The lowest BCUT2D eigenvalue weighted by Crippen LogP contribution is -2.08. The van der Waals surface area contributed by atoms with Crippen molar-refractivity contribution in [1.82, 2.24) is 0 Å². The van der Waals surface area contributed by atoms with Gasteiger partial charge in [0.2, 0.25) is 5.91 Å². The SMILES string of the molecule is O=C(/C=C/c1ccccc1)Nc1ccc(C(=O)O)cc1O. The van der Waals surface area contributed by atoms with E-state index in [1.807, 2.05) is 30.3 Å². The number of hydrogen-bond acceptors (Lipinski definition) is 3. The topological polar surface area (TPSA) is 86.6 Å². The molecule has 0 spiro atoms. The van der Waals surface area contributed by atoms with E-state index in [0.29, 0.717) is 0 Å². The minimum atomic E-state index is -1.15. The van der Waals surface area contributed by atoms with Crippen LogP contribution in [0.3, 0.4) is 0 Å². The number of benzene rings is 2. The van der Waals surface area contributed by atoms with Gasteiger partial charge in [-0.2, -0.15) is 0 Å². The summed E-state index contributed by atoms with van der Waals surface area (Å²) in [6.07, 6.45) is 2.97. The first-order valence-electron chi connectivity index (χ1n) is 6.16. The lowest BCUT2D eigenvalue weighted by Gasteiger charge is -2.05. The van der Waals surface area contributed by atoms with Gasteiger partial charge in [0.25, 0.3) is 0 Å². The van der Waals surface area contributed by atoms with Crippen molar-refractivity contribution in [2.45, 2.75) is 0 Å². The van der Waals surface area contributed by atoms with Gasteiger partial charge in [-0.05, 0) is 29.8 Å². The highest BCUT2D eigenvalue weighted by Gasteiger charge is 2.08. The number of carboxylic acid groups (broad SMARTS) is 1. The highest BCUT2D eigenvalue weighted by Crippen LogP contribution is 2.24. The van der Waals surface area contributed by atoms with Crippen molar-refractivity contribution in [2.24, 2.45) is 0 Å². The quantitative estimate of drug-likeness (QED) is 0.595. The van der Waals surface area contributed by atoms with Gasteiger partial charge in [0.05, 0.1) is 11.3 Å². The summed E-state index contributed by atoms with van der Waals surface area (Å²) in [5, 5.41) is 20.9. The zero-order chi connectivity index (χ0) is 15.2. The third kappa shape index (κ3) is 3.94. The average Bonchev–Trinajstić information content (AvgIpc) is 2.48. The molecule has 3 N–H and O–H groups in total. The molecule has 0 aliphatic heterocycles. The van der Waals surface area contributed by atoms with E-state index < -0.39 is 11.9 Å². The maximum Gasteiger partial charge on any atom is 0.335 e. The van der Waals surface area contributed by atoms with Gasteiger partial charge < -0.3 is 15.5 Å². The first-order valence-corrected chi connectivity index (χ1v) is 6.16. The maximum atomic E-state index is 11.7. The first kappa shape index (κ1) is 14.3. The number of rotatable bonds is 4. The van der Waals surface area contributed by atoms with E-state index in [2.05, 4.69) is 5.32 Å². The molecule has 21 heavy (non-hydrogen) atoms. The molecule has 106 valence electrons. The Balaban J connectivity index is 2.06. The Morgan fingerprint density at radius 1 is 1.05 bits per heavy atom. The molecule has 2 aromatic rings. The number of carbonyl (C=O) groups is 2. The van der Waals surface area contributed by atoms with Crippen LogP contribution in [0.2, 0.25) is 0 Å². The molecule has 0 aliphatic carbocycles. The fourth-order valence-electron chi connectivity index (χ4n) is 1.68. The zero-order valence-corrected chi connectivity index (χ0v) is 11.0. The molecule has 0 radical (unpaired) electrons. The van der Waals surface area contributed by atoms with Crippen LogP contribution in [0.1, 0.15) is 15.9 Å². The van der Waals surface area contributed by atoms with Crippen LogP contribution in [0, 0.1) is 0 Å². The summed E-state index contributed by atoms with van der Waals surface area (Å²) in [6.45, 7) is 0. The summed E-state index contributed by atoms with van der Waals surface area (Å²) in [5.41, 5.74) is 0.978. The van der Waals surface area contributed by atoms with Crippen LogP contribution in [-0.4, -0.2) is 22.1 Å². The number of phenolic OH excluding ortho intramolecular Hbond substituents is 1. The second-order valence-electron chi connectivity index (χ2n) is 4.27. The number of anilines is 1. The molecule has 0 saturated heterocycles. The second-order valence-corrected chi connectivity index (χ2v) is 4.27. The molecular formula is C16H13NO4. The summed E-state index contributed by atoms with van der Waals surface area (Å²) >= 11 is 0. The number of phenols is 1. The maximum absolute atomic E-state index is 11.7. The molecule has 5 nitrogen and oxygen atoms in total. The summed E-state index contributed by atoms with van der Waals surface area (Å²) in [6, 6.07) is 13.0. The van der Waals surface area contributed by atoms with Crippen LogP contribution in [-0.2, 0) is 4.79 Å². The lowest BCUT2D eigenvalue weighted by atomic mass is 10.2. The Bertz CT molecular complexity index is 693. The molecule has 0 heterocycles. The van der Waals surface area contributed by atoms with E-state index in [0.717, 1.165) is 11.6 Å². The van der Waals surface area contributed by atoms with Crippen molar-refractivity contribution in [1.29, 1.82) is 0 Å². The largest absolute Gasteiger partial charge is 0.506 e. The van der Waals surface area contributed by atoms with Crippen LogP contribution < -0.4 is 5.32 Å². The van der Waals surface area contributed by atoms with Gasteiger partial charge in [-0.1, -0.05) is 30.3 Å². The fraction of sp³-hybridized carbons (Fsp3) is 0. The van der Waals surface area contributed by atoms with Gasteiger partial charge >= 0.3 is 5.97 Å². The minimum Gasteiger partial charge on any atom is -0.506 e. The van der Waals surface area contributed by atoms with Gasteiger partial charge in [0.1, 0.15) is 5.75 Å². The molecular weight excluding hydrogens is 270 g/mol. The van der Waals surface area contributed by atoms with E-state index in [1.54, 1.807) is 6.08 Å². The van der Waals surface area contributed by atoms with Crippen LogP contribution in [0.25, 0.3) is 6.08 Å². The van der Waals surface area contributed by atoms with Gasteiger partial charge in [-0.15, -0.1) is 0 Å². The third-order valence-corrected chi connectivity index (χ3v) is 2.73. The van der Waals surface area contributed by atoms with E-state index in [-0.39, 0.29) is 17.0 Å². The fourth-order valence-corrected chi connectivity index (χ4v) is 1.68. The molecule has 0 aliphatic rings. The molecule has 0 unspecified atom stereocenters. The number of carboxylic acids is 1. The van der Waals surface area contributed by atoms with Crippen molar-refractivity contribution >= 4 is 23.6 Å². The minimum absolute atomic E-state index is 0.0506. The van der Waals surface area contributed by atoms with E-state index >= 15 is 0 Å². The molecule has 0 saturated carbocycles. The monoisotopic (exact) mass is 283 g/mol. The molecule has 0 aromatic heterocycles. The number of aromatic carboxylic acids is 1. The predicted octanol–water partition coefficient (Wildman–Crippen LogP) is 2.74. The smallest absolute Gasteiger partial charge is 0.335 e. The molecule has 0 fully saturated rings. The summed E-state index contributed by atoms with van der Waals surface area (Å²) in [4.78, 5) is 22.5. The Kier molecular flexibility index (Phi) is 4.36. The summed E-state index contributed by atoms with van der Waals surface area (Å²) in [5.74, 6) is -1.86. The van der Waals surface area contributed by atoms with Gasteiger partial charge in [-0.25, -0.2) is 4.79 Å². The molecule has 1 amide bonds. The van der Waals surface area contributed by atoms with Gasteiger partial charge in [-0.3, -0.25) is 4.79 Å². The van der Waals surface area contributed by atoms with Crippen molar-refractivity contribution in [3.8, 4) is 5.75 Å². The Morgan fingerprint density at radius 3 is 2.38 bits per heavy atom. The molecule has 0 bridgehead atoms. The van der Waals surface area contributed by atoms with Crippen molar-refractivity contribution in [3.63, 3.8) is 0 Å². The van der Waals surface area contributed by atoms with Crippen molar-refractivity contribution in [2.75, 3.05) is 5.32 Å². The van der Waals surface area contributed by atoms with E-state index in [4.69, 9.17) is 5.11 Å². The number of amides is 1.